The summed E-state index contributed by atoms with van der Waals surface area (Å²) in [5.74, 6) is 0.149. The van der Waals surface area contributed by atoms with Crippen molar-refractivity contribution >= 4 is 15.9 Å². The predicted molar refractivity (Wildman–Crippen MR) is 68.8 cm³/mol. The molecule has 0 saturated heterocycles. The van der Waals surface area contributed by atoms with Crippen LogP contribution in [-0.4, -0.2) is 30.8 Å². The number of nitrogens with one attached hydrogen (secondary N) is 1. The first-order valence-electron chi connectivity index (χ1n) is 6.53. The Balaban J connectivity index is 2.05. The van der Waals surface area contributed by atoms with E-state index in [-0.39, 0.29) is 17.0 Å². The molecule has 0 amide bonds. The molecule has 0 aromatic heterocycles. The van der Waals surface area contributed by atoms with Crippen molar-refractivity contribution in [3.8, 4) is 0 Å². The predicted octanol–water partition coefficient (Wildman–Crippen LogP) is 0.763. The van der Waals surface area contributed by atoms with E-state index < -0.39 is 16.1 Å². The summed E-state index contributed by atoms with van der Waals surface area (Å²) >= 11 is 0. The smallest absolute Gasteiger partial charge is 0.215 e. The highest BCUT2D eigenvalue weighted by atomic mass is 32.2. The van der Waals surface area contributed by atoms with Gasteiger partial charge in [-0.2, -0.15) is 0 Å². The number of oxime groups is 1. The van der Waals surface area contributed by atoms with Crippen molar-refractivity contribution in [3.05, 3.63) is 0 Å². The Morgan fingerprint density at radius 1 is 1.22 bits per heavy atom. The first-order valence-corrected chi connectivity index (χ1v) is 8.08. The third kappa shape index (κ3) is 3.14. The minimum atomic E-state index is -3.36. The van der Waals surface area contributed by atoms with Gasteiger partial charge in [-0.25, -0.2) is 13.1 Å². The zero-order chi connectivity index (χ0) is 13.2. The molecule has 2 rings (SSSR count). The van der Waals surface area contributed by atoms with E-state index in [9.17, 15) is 8.42 Å². The quantitative estimate of drug-likeness (QED) is 0.298. The van der Waals surface area contributed by atoms with Crippen LogP contribution in [0.3, 0.4) is 0 Å². The largest absolute Gasteiger partial charge is 0.409 e. The SMILES string of the molecule is NC(=NO)C(NS(=O)(=O)C1CCCCC1)C1CC1. The van der Waals surface area contributed by atoms with Crippen molar-refractivity contribution in [1.82, 2.24) is 4.72 Å². The number of amidine groups is 1. The normalized spacial score (nSPS) is 25.0. The van der Waals surface area contributed by atoms with Gasteiger partial charge in [0, 0.05) is 0 Å². The molecule has 0 heterocycles. The Morgan fingerprint density at radius 2 is 1.83 bits per heavy atom. The summed E-state index contributed by atoms with van der Waals surface area (Å²) in [7, 11) is -3.36. The van der Waals surface area contributed by atoms with E-state index in [0.717, 1.165) is 32.1 Å². The molecule has 1 atom stereocenters. The number of nitrogens with two attached hydrogens (primary N) is 1. The maximum Gasteiger partial charge on any atom is 0.215 e. The van der Waals surface area contributed by atoms with Crippen molar-refractivity contribution in [2.24, 2.45) is 16.8 Å². The molecule has 4 N–H and O–H groups in total. The fraction of sp³-hybridized carbons (Fsp3) is 0.909. The standard InChI is InChI=1S/C11H21N3O3S/c12-11(13-15)10(8-6-7-8)14-18(16,17)9-4-2-1-3-5-9/h8-10,14-15H,1-7H2,(H2,12,13). The first-order chi connectivity index (χ1) is 8.54. The van der Waals surface area contributed by atoms with Crippen molar-refractivity contribution in [2.75, 3.05) is 0 Å². The van der Waals surface area contributed by atoms with E-state index in [1.807, 2.05) is 0 Å². The summed E-state index contributed by atoms with van der Waals surface area (Å²) in [6.45, 7) is 0. The van der Waals surface area contributed by atoms with Gasteiger partial charge >= 0.3 is 0 Å². The number of nitrogens with zero attached hydrogens (tertiary/aromatic N) is 1. The van der Waals surface area contributed by atoms with Gasteiger partial charge in [0.2, 0.25) is 10.0 Å². The topological polar surface area (TPSA) is 105 Å². The zero-order valence-corrected chi connectivity index (χ0v) is 11.2. The van der Waals surface area contributed by atoms with Gasteiger partial charge in [-0.05, 0) is 31.6 Å². The molecular formula is C11H21N3O3S. The number of hydrogen-bond acceptors (Lipinski definition) is 4. The second kappa shape index (κ2) is 5.44. The minimum Gasteiger partial charge on any atom is -0.409 e. The molecule has 1 unspecified atom stereocenters. The van der Waals surface area contributed by atoms with Gasteiger partial charge in [0.25, 0.3) is 0 Å². The van der Waals surface area contributed by atoms with Crippen LogP contribution in [0.15, 0.2) is 5.16 Å². The van der Waals surface area contributed by atoms with Gasteiger partial charge < -0.3 is 10.9 Å². The van der Waals surface area contributed by atoms with Crippen LogP contribution in [-0.2, 0) is 10.0 Å². The van der Waals surface area contributed by atoms with Crippen LogP contribution < -0.4 is 10.5 Å². The Labute approximate surface area is 108 Å². The van der Waals surface area contributed by atoms with Crippen molar-refractivity contribution in [1.29, 1.82) is 0 Å². The van der Waals surface area contributed by atoms with Crippen molar-refractivity contribution in [3.63, 3.8) is 0 Å². The van der Waals surface area contributed by atoms with Crippen LogP contribution in [0.4, 0.5) is 0 Å². The van der Waals surface area contributed by atoms with Crippen molar-refractivity contribution in [2.45, 2.75) is 56.2 Å². The Morgan fingerprint density at radius 3 is 2.33 bits per heavy atom. The summed E-state index contributed by atoms with van der Waals surface area (Å²) < 4.78 is 27.1. The molecule has 2 fully saturated rings. The van der Waals surface area contributed by atoms with Gasteiger partial charge in [-0.15, -0.1) is 0 Å². The van der Waals surface area contributed by atoms with E-state index in [1.165, 1.54) is 0 Å². The first kappa shape index (κ1) is 13.6. The highest BCUT2D eigenvalue weighted by molar-refractivity contribution is 7.90. The lowest BCUT2D eigenvalue weighted by atomic mass is 10.0. The van der Waals surface area contributed by atoms with Crippen LogP contribution in [0.25, 0.3) is 0 Å². The van der Waals surface area contributed by atoms with Gasteiger partial charge in [0.1, 0.15) is 0 Å². The van der Waals surface area contributed by atoms with E-state index in [4.69, 9.17) is 10.9 Å². The Bertz CT molecular complexity index is 411. The molecule has 104 valence electrons. The van der Waals surface area contributed by atoms with Crippen LogP contribution in [0.1, 0.15) is 44.9 Å². The highest BCUT2D eigenvalue weighted by Crippen LogP contribution is 2.34. The minimum absolute atomic E-state index is 0.0307. The Hall–Kier alpha value is -0.820. The fourth-order valence-electron chi connectivity index (χ4n) is 2.54. The highest BCUT2D eigenvalue weighted by Gasteiger charge is 2.39. The molecular weight excluding hydrogens is 254 g/mol. The number of hydrogen-bond donors (Lipinski definition) is 3. The molecule has 2 aliphatic carbocycles. The van der Waals surface area contributed by atoms with E-state index in [0.29, 0.717) is 12.8 Å². The van der Waals surface area contributed by atoms with Gasteiger partial charge in [0.05, 0.1) is 11.3 Å². The number of sulfonamides is 1. The summed E-state index contributed by atoms with van der Waals surface area (Å²) in [5, 5.41) is 11.3. The van der Waals surface area contributed by atoms with Crippen LogP contribution in [0.2, 0.25) is 0 Å². The third-order valence-electron chi connectivity index (χ3n) is 3.81. The molecule has 0 radical (unpaired) electrons. The molecule has 7 heteroatoms. The average Bonchev–Trinajstić information content (AvgIpc) is 3.20. The molecule has 6 nitrogen and oxygen atoms in total. The van der Waals surface area contributed by atoms with Crippen LogP contribution in [0, 0.1) is 5.92 Å². The van der Waals surface area contributed by atoms with E-state index >= 15 is 0 Å². The second-order valence-corrected chi connectivity index (χ2v) is 7.26. The maximum atomic E-state index is 12.2. The molecule has 2 aliphatic rings. The van der Waals surface area contributed by atoms with E-state index in [1.54, 1.807) is 0 Å². The van der Waals surface area contributed by atoms with Crippen molar-refractivity contribution < 1.29 is 13.6 Å². The monoisotopic (exact) mass is 275 g/mol. The lowest BCUT2D eigenvalue weighted by Crippen LogP contribution is -2.49. The summed E-state index contributed by atoms with van der Waals surface area (Å²) in [6.07, 6.45) is 6.30. The molecule has 0 aliphatic heterocycles. The fourth-order valence-corrected chi connectivity index (χ4v) is 4.35. The molecule has 0 aromatic rings. The summed E-state index contributed by atoms with van der Waals surface area (Å²) in [6, 6.07) is -0.540. The molecule has 0 bridgehead atoms. The summed E-state index contributed by atoms with van der Waals surface area (Å²) in [4.78, 5) is 0. The molecule has 0 spiro atoms. The number of rotatable bonds is 5. The van der Waals surface area contributed by atoms with E-state index in [2.05, 4.69) is 9.88 Å². The van der Waals surface area contributed by atoms with Crippen LogP contribution in [0.5, 0.6) is 0 Å². The van der Waals surface area contributed by atoms with Gasteiger partial charge in [-0.3, -0.25) is 0 Å². The summed E-state index contributed by atoms with van der Waals surface area (Å²) in [5.41, 5.74) is 5.57. The molecule has 0 aromatic carbocycles. The average molecular weight is 275 g/mol. The Kier molecular flexibility index (Phi) is 4.11. The lowest BCUT2D eigenvalue weighted by molar-refractivity contribution is 0.314. The maximum absolute atomic E-state index is 12.2. The lowest BCUT2D eigenvalue weighted by Gasteiger charge is -2.25. The van der Waals surface area contributed by atoms with Gasteiger partial charge in [0.15, 0.2) is 5.84 Å². The van der Waals surface area contributed by atoms with Gasteiger partial charge in [-0.1, -0.05) is 24.4 Å². The molecule has 18 heavy (non-hydrogen) atoms. The second-order valence-electron chi connectivity index (χ2n) is 5.26. The molecule has 2 saturated carbocycles. The third-order valence-corrected chi connectivity index (χ3v) is 5.74. The van der Waals surface area contributed by atoms with Crippen LogP contribution >= 0.6 is 0 Å². The zero-order valence-electron chi connectivity index (χ0n) is 10.4.